The quantitative estimate of drug-likeness (QED) is 0.798. The van der Waals surface area contributed by atoms with Gasteiger partial charge in [0.15, 0.2) is 0 Å². The third kappa shape index (κ3) is 3.96. The molecule has 1 saturated heterocycles. The van der Waals surface area contributed by atoms with Gasteiger partial charge in [-0.3, -0.25) is 0 Å². The van der Waals surface area contributed by atoms with Gasteiger partial charge in [0.25, 0.3) is 0 Å². The molecule has 1 saturated carbocycles. The molecule has 2 nitrogen and oxygen atoms in total. The molecule has 0 aromatic carbocycles. The second-order valence-electron chi connectivity index (χ2n) is 6.93. The molecule has 1 heterocycles. The van der Waals surface area contributed by atoms with E-state index in [2.05, 4.69) is 26.1 Å². The monoisotopic (exact) mass is 239 g/mol. The van der Waals surface area contributed by atoms with E-state index < -0.39 is 0 Å². The Balaban J connectivity index is 1.71. The smallest absolute Gasteiger partial charge is 0.0603 e. The van der Waals surface area contributed by atoms with E-state index in [4.69, 9.17) is 4.74 Å². The third-order valence-electron chi connectivity index (χ3n) is 4.57. The third-order valence-corrected chi connectivity index (χ3v) is 4.57. The fraction of sp³-hybridized carbons (Fsp3) is 1.00. The molecule has 0 spiro atoms. The van der Waals surface area contributed by atoms with Crippen LogP contribution in [0.4, 0.5) is 0 Å². The molecule has 0 unspecified atom stereocenters. The Kier molecular flexibility index (Phi) is 4.48. The van der Waals surface area contributed by atoms with E-state index in [9.17, 15) is 0 Å². The molecule has 0 aromatic rings. The van der Waals surface area contributed by atoms with Crippen LogP contribution in [0.3, 0.4) is 0 Å². The SMILES string of the molecule is CC(C)(C)C1CCC(OC2CCNCC2)CC1. The molecule has 2 rings (SSSR count). The predicted molar refractivity (Wildman–Crippen MR) is 72.2 cm³/mol. The molecule has 0 radical (unpaired) electrons. The van der Waals surface area contributed by atoms with Crippen LogP contribution in [0.5, 0.6) is 0 Å². The molecular weight excluding hydrogens is 210 g/mol. The summed E-state index contributed by atoms with van der Waals surface area (Å²) < 4.78 is 6.25. The highest BCUT2D eigenvalue weighted by atomic mass is 16.5. The van der Waals surface area contributed by atoms with Crippen LogP contribution in [-0.2, 0) is 4.74 Å². The van der Waals surface area contributed by atoms with Crippen LogP contribution in [0.15, 0.2) is 0 Å². The van der Waals surface area contributed by atoms with Crippen LogP contribution in [0, 0.1) is 11.3 Å². The molecular formula is C15H29NO. The first-order valence-electron chi connectivity index (χ1n) is 7.42. The van der Waals surface area contributed by atoms with Gasteiger partial charge in [-0.1, -0.05) is 20.8 Å². The highest BCUT2D eigenvalue weighted by Gasteiger charge is 2.31. The summed E-state index contributed by atoms with van der Waals surface area (Å²) in [5.74, 6) is 0.898. The Morgan fingerprint density at radius 3 is 1.88 bits per heavy atom. The topological polar surface area (TPSA) is 21.3 Å². The fourth-order valence-corrected chi connectivity index (χ4v) is 3.27. The summed E-state index contributed by atoms with van der Waals surface area (Å²) in [7, 11) is 0. The van der Waals surface area contributed by atoms with Crippen molar-refractivity contribution in [1.82, 2.24) is 5.32 Å². The number of hydrogen-bond donors (Lipinski definition) is 1. The van der Waals surface area contributed by atoms with Gasteiger partial charge >= 0.3 is 0 Å². The summed E-state index contributed by atoms with van der Waals surface area (Å²) in [4.78, 5) is 0. The zero-order valence-corrected chi connectivity index (χ0v) is 11.8. The minimum atomic E-state index is 0.486. The lowest BCUT2D eigenvalue weighted by molar-refractivity contribution is -0.0548. The first-order valence-corrected chi connectivity index (χ1v) is 7.42. The molecule has 2 aliphatic rings. The van der Waals surface area contributed by atoms with E-state index in [1.165, 1.54) is 38.5 Å². The van der Waals surface area contributed by atoms with E-state index in [0.717, 1.165) is 19.0 Å². The normalized spacial score (nSPS) is 32.6. The summed E-state index contributed by atoms with van der Waals surface area (Å²) in [6.07, 6.45) is 8.79. The Labute approximate surface area is 107 Å². The van der Waals surface area contributed by atoms with Crippen molar-refractivity contribution in [2.75, 3.05) is 13.1 Å². The molecule has 100 valence electrons. The largest absolute Gasteiger partial charge is 0.375 e. The molecule has 1 aliphatic carbocycles. The van der Waals surface area contributed by atoms with Crippen LogP contribution in [0.2, 0.25) is 0 Å². The fourth-order valence-electron chi connectivity index (χ4n) is 3.27. The average Bonchev–Trinajstić information content (AvgIpc) is 2.30. The number of piperidine rings is 1. The van der Waals surface area contributed by atoms with Gasteiger partial charge < -0.3 is 10.1 Å². The first kappa shape index (κ1) is 13.4. The van der Waals surface area contributed by atoms with Gasteiger partial charge in [-0.15, -0.1) is 0 Å². The zero-order valence-electron chi connectivity index (χ0n) is 11.8. The second-order valence-corrected chi connectivity index (χ2v) is 6.93. The van der Waals surface area contributed by atoms with Gasteiger partial charge in [-0.2, -0.15) is 0 Å². The minimum absolute atomic E-state index is 0.486. The summed E-state index contributed by atoms with van der Waals surface area (Å²) >= 11 is 0. The molecule has 17 heavy (non-hydrogen) atoms. The van der Waals surface area contributed by atoms with Crippen LogP contribution in [0.25, 0.3) is 0 Å². The van der Waals surface area contributed by atoms with Crippen LogP contribution >= 0.6 is 0 Å². The van der Waals surface area contributed by atoms with Crippen molar-refractivity contribution in [2.24, 2.45) is 11.3 Å². The highest BCUT2D eigenvalue weighted by molar-refractivity contribution is 4.82. The van der Waals surface area contributed by atoms with Crippen LogP contribution in [0.1, 0.15) is 59.3 Å². The highest BCUT2D eigenvalue weighted by Crippen LogP contribution is 2.38. The lowest BCUT2D eigenvalue weighted by Gasteiger charge is -2.38. The van der Waals surface area contributed by atoms with Gasteiger partial charge in [0.05, 0.1) is 12.2 Å². The standard InChI is InChI=1S/C15H29NO/c1-15(2,3)12-4-6-13(7-5-12)17-14-8-10-16-11-9-14/h12-14,16H,4-11H2,1-3H3. The van der Waals surface area contributed by atoms with Crippen molar-refractivity contribution < 1.29 is 4.74 Å². The molecule has 0 amide bonds. The lowest BCUT2D eigenvalue weighted by Crippen LogP contribution is -2.36. The van der Waals surface area contributed by atoms with E-state index in [-0.39, 0.29) is 0 Å². The molecule has 2 heteroatoms. The summed E-state index contributed by atoms with van der Waals surface area (Å²) in [6.45, 7) is 9.42. The van der Waals surface area contributed by atoms with Gasteiger partial charge in [-0.25, -0.2) is 0 Å². The Hall–Kier alpha value is -0.0800. The van der Waals surface area contributed by atoms with Crippen LogP contribution < -0.4 is 5.32 Å². The van der Waals surface area contributed by atoms with Crippen molar-refractivity contribution in [3.8, 4) is 0 Å². The van der Waals surface area contributed by atoms with Gasteiger partial charge in [-0.05, 0) is 62.9 Å². The lowest BCUT2D eigenvalue weighted by atomic mass is 9.72. The molecule has 1 N–H and O–H groups in total. The number of nitrogens with one attached hydrogen (secondary N) is 1. The van der Waals surface area contributed by atoms with Crippen molar-refractivity contribution in [3.63, 3.8) is 0 Å². The maximum absolute atomic E-state index is 6.25. The summed E-state index contributed by atoms with van der Waals surface area (Å²) in [5.41, 5.74) is 0.486. The van der Waals surface area contributed by atoms with Gasteiger partial charge in [0, 0.05) is 0 Å². The Morgan fingerprint density at radius 2 is 1.35 bits per heavy atom. The average molecular weight is 239 g/mol. The maximum atomic E-state index is 6.25. The van der Waals surface area contributed by atoms with Gasteiger partial charge in [0.2, 0.25) is 0 Å². The zero-order chi connectivity index (χ0) is 12.3. The van der Waals surface area contributed by atoms with Gasteiger partial charge in [0.1, 0.15) is 0 Å². The summed E-state index contributed by atoms with van der Waals surface area (Å²) in [5, 5.41) is 3.40. The van der Waals surface area contributed by atoms with Crippen molar-refractivity contribution in [2.45, 2.75) is 71.5 Å². The Bertz CT molecular complexity index is 220. The maximum Gasteiger partial charge on any atom is 0.0603 e. The minimum Gasteiger partial charge on any atom is -0.375 e. The van der Waals surface area contributed by atoms with Crippen molar-refractivity contribution >= 4 is 0 Å². The van der Waals surface area contributed by atoms with E-state index in [1.54, 1.807) is 0 Å². The van der Waals surface area contributed by atoms with E-state index in [0.29, 0.717) is 17.6 Å². The number of ether oxygens (including phenoxy) is 1. The van der Waals surface area contributed by atoms with Crippen LogP contribution in [-0.4, -0.2) is 25.3 Å². The number of hydrogen-bond acceptors (Lipinski definition) is 2. The molecule has 1 aliphatic heterocycles. The Morgan fingerprint density at radius 1 is 0.824 bits per heavy atom. The predicted octanol–water partition coefficient (Wildman–Crippen LogP) is 3.36. The molecule has 0 bridgehead atoms. The summed E-state index contributed by atoms with van der Waals surface area (Å²) in [6, 6.07) is 0. The number of rotatable bonds is 2. The first-order chi connectivity index (χ1) is 8.05. The molecule has 0 atom stereocenters. The van der Waals surface area contributed by atoms with Crippen molar-refractivity contribution in [3.05, 3.63) is 0 Å². The van der Waals surface area contributed by atoms with E-state index >= 15 is 0 Å². The van der Waals surface area contributed by atoms with E-state index in [1.807, 2.05) is 0 Å². The second kappa shape index (κ2) is 5.71. The molecule has 2 fully saturated rings. The van der Waals surface area contributed by atoms with Crippen molar-refractivity contribution in [1.29, 1.82) is 0 Å². The molecule has 0 aromatic heterocycles.